The fourth-order valence-corrected chi connectivity index (χ4v) is 4.75. The molecule has 1 saturated heterocycles. The van der Waals surface area contributed by atoms with Gasteiger partial charge in [-0.3, -0.25) is 16.0 Å². The summed E-state index contributed by atoms with van der Waals surface area (Å²) in [4.78, 5) is 10.0. The third kappa shape index (κ3) is 3.64. The Morgan fingerprint density at radius 3 is 2.57 bits per heavy atom. The van der Waals surface area contributed by atoms with Gasteiger partial charge in [-0.1, -0.05) is 6.07 Å². The highest BCUT2D eigenvalue weighted by Gasteiger charge is 2.31. The molecular weight excluding hydrogens is 316 g/mol. The molecule has 1 aliphatic rings. The average Bonchev–Trinajstić information content (AvgIpc) is 2.46. The lowest BCUT2D eigenvalue weighted by Gasteiger charge is -2.22. The number of hydrogen-bond donors (Lipinski definition) is 3. The number of sulfonamides is 1. The predicted octanol–water partition coefficient (Wildman–Crippen LogP) is 1.05. The van der Waals surface area contributed by atoms with Gasteiger partial charge in [0.15, 0.2) is 4.90 Å². The number of thioether (sulfide) groups is 1. The first-order valence-corrected chi connectivity index (χ1v) is 8.93. The van der Waals surface area contributed by atoms with E-state index in [2.05, 4.69) is 10.1 Å². The molecule has 116 valence electrons. The Hall–Kier alpha value is -1.36. The lowest BCUT2D eigenvalue weighted by molar-refractivity contribution is -0.386. The van der Waals surface area contributed by atoms with Crippen LogP contribution in [-0.4, -0.2) is 30.9 Å². The van der Waals surface area contributed by atoms with Crippen LogP contribution < -0.4 is 16.0 Å². The maximum atomic E-state index is 12.4. The van der Waals surface area contributed by atoms with Gasteiger partial charge in [0.05, 0.1) is 4.92 Å². The molecule has 2 rings (SSSR count). The molecule has 21 heavy (non-hydrogen) atoms. The number of nitrogens with two attached hydrogens (primary N) is 1. The largest absolute Gasteiger partial charge is 0.318 e. The number of hydrogen-bond acceptors (Lipinski definition) is 7. The van der Waals surface area contributed by atoms with E-state index in [1.807, 2.05) is 0 Å². The number of nitrogens with one attached hydrogen (secondary N) is 2. The Labute approximate surface area is 126 Å². The molecule has 10 heteroatoms. The third-order valence-corrected chi connectivity index (χ3v) is 5.77. The van der Waals surface area contributed by atoms with Crippen molar-refractivity contribution in [3.05, 3.63) is 28.3 Å². The van der Waals surface area contributed by atoms with Crippen molar-refractivity contribution in [3.8, 4) is 0 Å². The first-order valence-electron chi connectivity index (χ1n) is 6.30. The monoisotopic (exact) mass is 332 g/mol. The zero-order chi connectivity index (χ0) is 15.5. The highest BCUT2D eigenvalue weighted by molar-refractivity contribution is 7.99. The van der Waals surface area contributed by atoms with Crippen LogP contribution >= 0.6 is 11.8 Å². The van der Waals surface area contributed by atoms with Crippen LogP contribution in [0.15, 0.2) is 23.1 Å². The Kier molecular flexibility index (Phi) is 5.04. The lowest BCUT2D eigenvalue weighted by atomic mass is 10.2. The Morgan fingerprint density at radius 1 is 1.33 bits per heavy atom. The van der Waals surface area contributed by atoms with E-state index >= 15 is 0 Å². The lowest BCUT2D eigenvalue weighted by Crippen LogP contribution is -2.37. The predicted molar refractivity (Wildman–Crippen MR) is 81.6 cm³/mol. The van der Waals surface area contributed by atoms with E-state index in [1.54, 1.807) is 11.8 Å². The number of nitrogens with zero attached hydrogens (tertiary/aromatic N) is 1. The molecule has 0 bridgehead atoms. The summed E-state index contributed by atoms with van der Waals surface area (Å²) in [7, 11) is -3.96. The Balaban J connectivity index is 2.37. The van der Waals surface area contributed by atoms with E-state index in [9.17, 15) is 18.5 Å². The summed E-state index contributed by atoms with van der Waals surface area (Å²) in [6.45, 7) is 0. The van der Waals surface area contributed by atoms with Crippen molar-refractivity contribution < 1.29 is 13.3 Å². The molecule has 1 heterocycles. The van der Waals surface area contributed by atoms with Crippen molar-refractivity contribution >= 4 is 33.2 Å². The molecule has 1 aliphatic heterocycles. The van der Waals surface area contributed by atoms with Gasteiger partial charge in [0.1, 0.15) is 5.69 Å². The normalized spacial score (nSPS) is 16.6. The minimum atomic E-state index is -3.96. The molecule has 0 unspecified atom stereocenters. The summed E-state index contributed by atoms with van der Waals surface area (Å²) in [5, 5.41) is 11.2. The fraction of sp³-hybridized carbons (Fsp3) is 0.455. The van der Waals surface area contributed by atoms with Gasteiger partial charge in [0.2, 0.25) is 10.0 Å². The number of nitro benzene ring substituents is 1. The molecule has 1 aromatic carbocycles. The van der Waals surface area contributed by atoms with Crippen LogP contribution in [0.3, 0.4) is 0 Å². The highest BCUT2D eigenvalue weighted by Crippen LogP contribution is 2.31. The molecular formula is C11H16N4O4S2. The van der Waals surface area contributed by atoms with Crippen LogP contribution in [0.25, 0.3) is 0 Å². The van der Waals surface area contributed by atoms with Crippen LogP contribution in [0.4, 0.5) is 11.4 Å². The van der Waals surface area contributed by atoms with E-state index in [0.29, 0.717) is 12.8 Å². The highest BCUT2D eigenvalue weighted by atomic mass is 32.2. The van der Waals surface area contributed by atoms with E-state index < -0.39 is 20.6 Å². The molecule has 0 aliphatic carbocycles. The minimum Gasteiger partial charge on any atom is -0.318 e. The summed E-state index contributed by atoms with van der Waals surface area (Å²) in [6, 6.07) is 3.78. The first-order chi connectivity index (χ1) is 9.95. The fourth-order valence-electron chi connectivity index (χ4n) is 2.14. The van der Waals surface area contributed by atoms with Crippen LogP contribution in [0.5, 0.6) is 0 Å². The van der Waals surface area contributed by atoms with Gasteiger partial charge in [0, 0.05) is 6.04 Å². The van der Waals surface area contributed by atoms with Gasteiger partial charge in [-0.15, -0.1) is 0 Å². The molecule has 0 aromatic heterocycles. The summed E-state index contributed by atoms with van der Waals surface area (Å²) >= 11 is 1.77. The summed E-state index contributed by atoms with van der Waals surface area (Å²) in [5.74, 6) is 6.96. The van der Waals surface area contributed by atoms with Gasteiger partial charge >= 0.3 is 5.69 Å². The molecule has 0 atom stereocenters. The standard InChI is InChI=1S/C11H16N4O4S2/c12-13-9-2-1-3-10(11(9)15(16)17)21(18,19)14-8-4-6-20-7-5-8/h1-3,8,13-14H,4-7,12H2. The maximum Gasteiger partial charge on any atom is 0.313 e. The molecule has 0 radical (unpaired) electrons. The second-order valence-corrected chi connectivity index (χ2v) is 7.47. The Bertz CT molecular complexity index is 629. The minimum absolute atomic E-state index is 0.0397. The maximum absolute atomic E-state index is 12.4. The summed E-state index contributed by atoms with van der Waals surface area (Å²) in [6.07, 6.45) is 1.43. The zero-order valence-corrected chi connectivity index (χ0v) is 12.7. The number of nitrogen functional groups attached to an aromatic ring is 1. The second-order valence-electron chi connectivity index (χ2n) is 4.56. The molecule has 0 amide bonds. The zero-order valence-electron chi connectivity index (χ0n) is 11.1. The van der Waals surface area contributed by atoms with E-state index in [4.69, 9.17) is 5.84 Å². The summed E-state index contributed by atoms with van der Waals surface area (Å²) < 4.78 is 27.3. The smallest absolute Gasteiger partial charge is 0.313 e. The van der Waals surface area contributed by atoms with E-state index in [1.165, 1.54) is 18.2 Å². The summed E-state index contributed by atoms with van der Waals surface area (Å²) in [5.41, 5.74) is 1.57. The molecule has 1 aromatic rings. The van der Waals surface area contributed by atoms with Crippen LogP contribution in [-0.2, 0) is 10.0 Å². The average molecular weight is 332 g/mol. The Morgan fingerprint density at radius 2 is 2.00 bits per heavy atom. The van der Waals surface area contributed by atoms with Crippen molar-refractivity contribution in [2.45, 2.75) is 23.8 Å². The van der Waals surface area contributed by atoms with Crippen molar-refractivity contribution in [1.29, 1.82) is 0 Å². The van der Waals surface area contributed by atoms with Crippen LogP contribution in [0, 0.1) is 10.1 Å². The first kappa shape index (κ1) is 16.0. The van der Waals surface area contributed by atoms with E-state index in [-0.39, 0.29) is 16.6 Å². The van der Waals surface area contributed by atoms with Gasteiger partial charge in [0.25, 0.3) is 0 Å². The van der Waals surface area contributed by atoms with Gasteiger partial charge in [-0.25, -0.2) is 13.1 Å². The van der Waals surface area contributed by atoms with E-state index in [0.717, 1.165) is 11.5 Å². The number of para-hydroxylation sites is 1. The SMILES string of the molecule is NNc1cccc(S(=O)(=O)NC2CCSCC2)c1[N+](=O)[O-]. The van der Waals surface area contributed by atoms with Gasteiger partial charge in [-0.05, 0) is 36.5 Å². The molecule has 0 saturated carbocycles. The quantitative estimate of drug-likeness (QED) is 0.418. The second kappa shape index (κ2) is 6.60. The van der Waals surface area contributed by atoms with Crippen molar-refractivity contribution in [1.82, 2.24) is 4.72 Å². The number of benzene rings is 1. The third-order valence-electron chi connectivity index (χ3n) is 3.17. The van der Waals surface area contributed by atoms with Crippen LogP contribution in [0.2, 0.25) is 0 Å². The number of rotatable bonds is 5. The molecule has 8 nitrogen and oxygen atoms in total. The van der Waals surface area contributed by atoms with Crippen LogP contribution in [0.1, 0.15) is 12.8 Å². The van der Waals surface area contributed by atoms with Gasteiger partial charge in [-0.2, -0.15) is 11.8 Å². The number of anilines is 1. The van der Waals surface area contributed by atoms with Gasteiger partial charge < -0.3 is 5.43 Å². The van der Waals surface area contributed by atoms with Crippen molar-refractivity contribution in [2.24, 2.45) is 5.84 Å². The topological polar surface area (TPSA) is 127 Å². The number of hydrazine groups is 1. The number of nitro groups is 1. The molecule has 4 N–H and O–H groups in total. The van der Waals surface area contributed by atoms with Crippen molar-refractivity contribution in [2.75, 3.05) is 16.9 Å². The molecule has 0 spiro atoms. The molecule has 1 fully saturated rings. The van der Waals surface area contributed by atoms with Crippen molar-refractivity contribution in [3.63, 3.8) is 0 Å².